The van der Waals surface area contributed by atoms with Crippen molar-refractivity contribution in [2.75, 3.05) is 37.7 Å². The third-order valence-electron chi connectivity index (χ3n) is 8.47. The van der Waals surface area contributed by atoms with Crippen LogP contribution >= 0.6 is 0 Å². The standard InChI is InChI=1S/C31H37BFN3O6/c1-3-5-15-40-31(38)23-18-36(21-9-10-21)25-17-26(24(33)16-22(25)30(23)37)34-11-13-35(14-12-34)28(4-2)42-27-8-6-7-20-19-41-32(39)29(20)27/h6-8,16-18,21,28,39H,3-5,9-15,19H2,1-2H3. The van der Waals surface area contributed by atoms with E-state index in [0.29, 0.717) is 55.2 Å². The van der Waals surface area contributed by atoms with E-state index >= 15 is 4.39 Å². The molecule has 2 fully saturated rings. The molecule has 3 heterocycles. The smallest absolute Gasteiger partial charge is 0.475 e. The molecule has 9 nitrogen and oxygen atoms in total. The Hall–Kier alpha value is -3.41. The fourth-order valence-electron chi connectivity index (χ4n) is 5.95. The van der Waals surface area contributed by atoms with Crippen LogP contribution in [0.25, 0.3) is 10.9 Å². The molecule has 1 saturated carbocycles. The van der Waals surface area contributed by atoms with Crippen LogP contribution in [-0.4, -0.2) is 66.6 Å². The van der Waals surface area contributed by atoms with E-state index in [4.69, 9.17) is 14.1 Å². The molecule has 0 radical (unpaired) electrons. The lowest BCUT2D eigenvalue weighted by Gasteiger charge is -2.40. The lowest BCUT2D eigenvalue weighted by atomic mass is 9.79. The highest BCUT2D eigenvalue weighted by Crippen LogP contribution is 2.38. The van der Waals surface area contributed by atoms with Gasteiger partial charge in [-0.05, 0) is 49.4 Å². The first-order chi connectivity index (χ1) is 20.4. The first-order valence-electron chi connectivity index (χ1n) is 15.0. The maximum atomic E-state index is 15.6. The Morgan fingerprint density at radius 3 is 2.69 bits per heavy atom. The maximum Gasteiger partial charge on any atom is 0.495 e. The SMILES string of the molecule is CCCCOC(=O)c1cn(C2CC2)c2cc(N3CCN(C(CC)Oc4cccc5c4B(O)OC5)CC3)c(F)cc2c1=O. The summed E-state index contributed by atoms with van der Waals surface area (Å²) in [4.78, 5) is 30.2. The van der Waals surface area contributed by atoms with Gasteiger partial charge in [-0.1, -0.05) is 32.4 Å². The number of piperazine rings is 1. The normalized spacial score (nSPS) is 17.9. The van der Waals surface area contributed by atoms with Gasteiger partial charge in [0.2, 0.25) is 5.43 Å². The van der Waals surface area contributed by atoms with Gasteiger partial charge in [0.15, 0.2) is 6.23 Å². The Balaban J connectivity index is 1.21. The summed E-state index contributed by atoms with van der Waals surface area (Å²) in [5, 5.41) is 10.5. The predicted molar refractivity (Wildman–Crippen MR) is 159 cm³/mol. The quantitative estimate of drug-likeness (QED) is 0.222. The zero-order valence-electron chi connectivity index (χ0n) is 24.2. The number of unbranched alkanes of at least 4 members (excludes halogenated alkanes) is 1. The molecule has 1 N–H and O–H groups in total. The average molecular weight is 577 g/mol. The second-order valence-corrected chi connectivity index (χ2v) is 11.3. The molecule has 1 atom stereocenters. The zero-order valence-corrected chi connectivity index (χ0v) is 24.2. The van der Waals surface area contributed by atoms with Crippen LogP contribution in [0, 0.1) is 5.82 Å². The van der Waals surface area contributed by atoms with E-state index in [2.05, 4.69) is 11.8 Å². The number of esters is 1. The van der Waals surface area contributed by atoms with Crippen molar-refractivity contribution in [3.8, 4) is 5.75 Å². The Morgan fingerprint density at radius 2 is 1.98 bits per heavy atom. The molecule has 3 aromatic rings. The summed E-state index contributed by atoms with van der Waals surface area (Å²) in [6.07, 6.45) is 5.62. The summed E-state index contributed by atoms with van der Waals surface area (Å²) in [6, 6.07) is 8.91. The number of nitrogens with zero attached hydrogens (tertiary/aromatic N) is 3. The maximum absolute atomic E-state index is 15.6. The van der Waals surface area contributed by atoms with Crippen molar-refractivity contribution in [2.24, 2.45) is 0 Å². The van der Waals surface area contributed by atoms with Gasteiger partial charge >= 0.3 is 13.1 Å². The van der Waals surface area contributed by atoms with Gasteiger partial charge in [0, 0.05) is 49.3 Å². The number of ether oxygens (including phenoxy) is 2. The second-order valence-electron chi connectivity index (χ2n) is 11.3. The summed E-state index contributed by atoms with van der Waals surface area (Å²) in [6.45, 7) is 7.14. The van der Waals surface area contributed by atoms with Gasteiger partial charge in [-0.25, -0.2) is 9.18 Å². The molecule has 0 bridgehead atoms. The van der Waals surface area contributed by atoms with Gasteiger partial charge in [-0.2, -0.15) is 0 Å². The molecule has 0 amide bonds. The molecule has 2 aliphatic heterocycles. The number of benzene rings is 2. The number of halogens is 1. The van der Waals surface area contributed by atoms with Crippen LogP contribution < -0.4 is 20.5 Å². The lowest BCUT2D eigenvalue weighted by Crippen LogP contribution is -2.52. The van der Waals surface area contributed by atoms with Crippen LogP contribution in [0.5, 0.6) is 5.75 Å². The summed E-state index contributed by atoms with van der Waals surface area (Å²) in [5.74, 6) is -0.511. The molecule has 1 saturated heterocycles. The van der Waals surface area contributed by atoms with Crippen molar-refractivity contribution in [2.45, 2.75) is 64.8 Å². The van der Waals surface area contributed by atoms with Gasteiger partial charge in [0.25, 0.3) is 0 Å². The number of pyridine rings is 1. The molecule has 42 heavy (non-hydrogen) atoms. The number of rotatable bonds is 10. The van der Waals surface area contributed by atoms with Gasteiger partial charge in [0.05, 0.1) is 24.4 Å². The highest BCUT2D eigenvalue weighted by molar-refractivity contribution is 6.62. The van der Waals surface area contributed by atoms with E-state index in [1.807, 2.05) is 34.6 Å². The Morgan fingerprint density at radius 1 is 1.19 bits per heavy atom. The molecule has 222 valence electrons. The Kier molecular flexibility index (Phi) is 8.25. The minimum Gasteiger partial charge on any atom is -0.475 e. The van der Waals surface area contributed by atoms with Gasteiger partial charge in [-0.3, -0.25) is 9.69 Å². The minimum atomic E-state index is -0.989. The van der Waals surface area contributed by atoms with Gasteiger partial charge in [0.1, 0.15) is 17.1 Å². The molecule has 0 spiro atoms. The van der Waals surface area contributed by atoms with Crippen molar-refractivity contribution in [1.82, 2.24) is 9.47 Å². The summed E-state index contributed by atoms with van der Waals surface area (Å²) >= 11 is 0. The highest BCUT2D eigenvalue weighted by Gasteiger charge is 2.34. The summed E-state index contributed by atoms with van der Waals surface area (Å²) < 4.78 is 34.6. The highest BCUT2D eigenvalue weighted by atomic mass is 19.1. The van der Waals surface area contributed by atoms with Crippen molar-refractivity contribution < 1.29 is 28.3 Å². The van der Waals surface area contributed by atoms with E-state index in [1.54, 1.807) is 12.3 Å². The first-order valence-corrected chi connectivity index (χ1v) is 15.0. The zero-order chi connectivity index (χ0) is 29.4. The lowest BCUT2D eigenvalue weighted by molar-refractivity contribution is 0.0191. The van der Waals surface area contributed by atoms with Gasteiger partial charge < -0.3 is 28.6 Å². The van der Waals surface area contributed by atoms with E-state index in [1.165, 1.54) is 6.07 Å². The van der Waals surface area contributed by atoms with Crippen molar-refractivity contribution in [3.05, 3.63) is 63.7 Å². The summed E-state index contributed by atoms with van der Waals surface area (Å²) in [7, 11) is -0.989. The molecule has 3 aliphatic rings. The molecule has 6 rings (SSSR count). The molecule has 1 aliphatic carbocycles. The number of aromatic nitrogens is 1. The van der Waals surface area contributed by atoms with Crippen LogP contribution in [0.1, 0.15) is 67.9 Å². The van der Waals surface area contributed by atoms with Crippen LogP contribution in [-0.2, 0) is 16.0 Å². The molecule has 2 aromatic carbocycles. The molecular weight excluding hydrogens is 540 g/mol. The number of fused-ring (bicyclic) bond motifs is 2. The Bertz CT molecular complexity index is 1540. The van der Waals surface area contributed by atoms with Crippen LogP contribution in [0.3, 0.4) is 0 Å². The van der Waals surface area contributed by atoms with Crippen LogP contribution in [0.15, 0.2) is 41.3 Å². The summed E-state index contributed by atoms with van der Waals surface area (Å²) in [5.41, 5.74) is 2.16. The van der Waals surface area contributed by atoms with Crippen molar-refractivity contribution in [1.29, 1.82) is 0 Å². The third-order valence-corrected chi connectivity index (χ3v) is 8.47. The van der Waals surface area contributed by atoms with Crippen LogP contribution in [0.2, 0.25) is 0 Å². The number of carbonyl (C=O) groups is 1. The number of carbonyl (C=O) groups excluding carboxylic acids is 1. The number of hydrogen-bond donors (Lipinski definition) is 1. The van der Waals surface area contributed by atoms with E-state index in [0.717, 1.165) is 37.7 Å². The van der Waals surface area contributed by atoms with Crippen LogP contribution in [0.4, 0.5) is 10.1 Å². The molecule has 11 heteroatoms. The first kappa shape index (κ1) is 28.7. The monoisotopic (exact) mass is 577 g/mol. The fourth-order valence-corrected chi connectivity index (χ4v) is 5.95. The largest absolute Gasteiger partial charge is 0.495 e. The predicted octanol–water partition coefficient (Wildman–Crippen LogP) is 3.59. The molecule has 1 aromatic heterocycles. The molecule has 1 unspecified atom stereocenters. The van der Waals surface area contributed by atoms with E-state index in [-0.39, 0.29) is 29.8 Å². The average Bonchev–Trinajstić information content (AvgIpc) is 3.78. The van der Waals surface area contributed by atoms with E-state index in [9.17, 15) is 14.6 Å². The third kappa shape index (κ3) is 5.53. The van der Waals surface area contributed by atoms with E-state index < -0.39 is 24.3 Å². The second kappa shape index (κ2) is 12.1. The fraction of sp³-hybridized carbons (Fsp3) is 0.484. The number of anilines is 1. The Labute approximate surface area is 244 Å². The minimum absolute atomic E-state index is 0.0417. The topological polar surface area (TPSA) is 93.5 Å². The molecular formula is C31H37BFN3O6. The van der Waals surface area contributed by atoms with Gasteiger partial charge in [-0.15, -0.1) is 0 Å². The van der Waals surface area contributed by atoms with Crippen molar-refractivity contribution >= 4 is 35.1 Å². The van der Waals surface area contributed by atoms with Crippen molar-refractivity contribution in [3.63, 3.8) is 0 Å². The number of hydrogen-bond acceptors (Lipinski definition) is 8.